The van der Waals surface area contributed by atoms with E-state index in [0.29, 0.717) is 24.4 Å². The maximum atomic E-state index is 12.3. The van der Waals surface area contributed by atoms with Gasteiger partial charge in [-0.15, -0.1) is 0 Å². The van der Waals surface area contributed by atoms with E-state index < -0.39 is 0 Å². The Balaban J connectivity index is 1.44. The molecule has 1 saturated heterocycles. The van der Waals surface area contributed by atoms with Crippen molar-refractivity contribution in [2.45, 2.75) is 57.5 Å². The van der Waals surface area contributed by atoms with Crippen molar-refractivity contribution in [3.8, 4) is 0 Å². The standard InChI is InChI=1S/C20H28N2O3/c23-19(21-12-4-8-15-6-1-2-7-15)16-9-3-10-17(14-16)22-20(24)18-11-5-13-25-18/h3,9-10,14-15,18H,1-2,4-8,11-13H2,(H,21,23)(H,22,24). The highest BCUT2D eigenvalue weighted by molar-refractivity contribution is 5.98. The minimum absolute atomic E-state index is 0.0837. The summed E-state index contributed by atoms with van der Waals surface area (Å²) in [7, 11) is 0. The summed E-state index contributed by atoms with van der Waals surface area (Å²) in [6.07, 6.45) is 8.97. The van der Waals surface area contributed by atoms with Crippen molar-refractivity contribution in [1.29, 1.82) is 0 Å². The lowest BCUT2D eigenvalue weighted by Crippen LogP contribution is -2.27. The minimum Gasteiger partial charge on any atom is -0.368 e. The van der Waals surface area contributed by atoms with Crippen molar-refractivity contribution in [2.24, 2.45) is 5.92 Å². The summed E-state index contributed by atoms with van der Waals surface area (Å²) < 4.78 is 5.38. The topological polar surface area (TPSA) is 67.4 Å². The molecular formula is C20H28N2O3. The van der Waals surface area contributed by atoms with Crippen molar-refractivity contribution < 1.29 is 14.3 Å². The van der Waals surface area contributed by atoms with Crippen LogP contribution in [-0.4, -0.2) is 31.1 Å². The van der Waals surface area contributed by atoms with E-state index in [9.17, 15) is 9.59 Å². The van der Waals surface area contributed by atoms with Gasteiger partial charge in [-0.3, -0.25) is 9.59 Å². The molecule has 0 aromatic heterocycles. The van der Waals surface area contributed by atoms with E-state index in [2.05, 4.69) is 10.6 Å². The third-order valence-electron chi connectivity index (χ3n) is 5.16. The van der Waals surface area contributed by atoms with Crippen molar-refractivity contribution in [3.05, 3.63) is 29.8 Å². The number of benzene rings is 1. The zero-order valence-corrected chi connectivity index (χ0v) is 14.8. The molecule has 1 aliphatic carbocycles. The fourth-order valence-corrected chi connectivity index (χ4v) is 3.74. The second-order valence-electron chi connectivity index (χ2n) is 7.12. The molecule has 1 aromatic carbocycles. The molecule has 0 spiro atoms. The molecule has 136 valence electrons. The van der Waals surface area contributed by atoms with Gasteiger partial charge in [0.1, 0.15) is 6.10 Å². The third kappa shape index (κ3) is 5.30. The van der Waals surface area contributed by atoms with Gasteiger partial charge in [0, 0.05) is 24.4 Å². The molecule has 5 nitrogen and oxygen atoms in total. The summed E-state index contributed by atoms with van der Waals surface area (Å²) >= 11 is 0. The molecule has 1 aliphatic heterocycles. The van der Waals surface area contributed by atoms with Crippen LogP contribution in [0.2, 0.25) is 0 Å². The number of hydrogen-bond acceptors (Lipinski definition) is 3. The van der Waals surface area contributed by atoms with E-state index in [4.69, 9.17) is 4.74 Å². The predicted molar refractivity (Wildman–Crippen MR) is 97.6 cm³/mol. The first kappa shape index (κ1) is 17.9. The Labute approximate surface area is 149 Å². The molecule has 1 heterocycles. The molecule has 2 N–H and O–H groups in total. The fraction of sp³-hybridized carbons (Fsp3) is 0.600. The normalized spacial score (nSPS) is 20.6. The van der Waals surface area contributed by atoms with Crippen LogP contribution in [0.25, 0.3) is 0 Å². The number of nitrogens with one attached hydrogen (secondary N) is 2. The van der Waals surface area contributed by atoms with Crippen molar-refractivity contribution in [1.82, 2.24) is 5.32 Å². The van der Waals surface area contributed by atoms with Gasteiger partial charge in [0.25, 0.3) is 11.8 Å². The fourth-order valence-electron chi connectivity index (χ4n) is 3.74. The van der Waals surface area contributed by atoms with Crippen LogP contribution in [-0.2, 0) is 9.53 Å². The number of rotatable bonds is 7. The van der Waals surface area contributed by atoms with Crippen molar-refractivity contribution in [3.63, 3.8) is 0 Å². The van der Waals surface area contributed by atoms with E-state index in [1.807, 2.05) is 0 Å². The molecule has 2 fully saturated rings. The van der Waals surface area contributed by atoms with Crippen LogP contribution in [0.15, 0.2) is 24.3 Å². The molecule has 1 aromatic rings. The lowest BCUT2D eigenvalue weighted by molar-refractivity contribution is -0.124. The van der Waals surface area contributed by atoms with Gasteiger partial charge < -0.3 is 15.4 Å². The predicted octanol–water partition coefficient (Wildman–Crippen LogP) is 3.50. The van der Waals surface area contributed by atoms with Crippen LogP contribution in [0.4, 0.5) is 5.69 Å². The molecule has 1 saturated carbocycles. The smallest absolute Gasteiger partial charge is 0.253 e. The second-order valence-corrected chi connectivity index (χ2v) is 7.12. The average molecular weight is 344 g/mol. The highest BCUT2D eigenvalue weighted by atomic mass is 16.5. The summed E-state index contributed by atoms with van der Waals surface area (Å²) in [6.45, 7) is 1.35. The van der Waals surface area contributed by atoms with E-state index in [1.165, 1.54) is 32.1 Å². The third-order valence-corrected chi connectivity index (χ3v) is 5.16. The summed E-state index contributed by atoms with van der Waals surface area (Å²) in [5, 5.41) is 5.82. The lowest BCUT2D eigenvalue weighted by Gasteiger charge is -2.12. The first-order chi connectivity index (χ1) is 12.2. The van der Waals surface area contributed by atoms with Gasteiger partial charge in [-0.1, -0.05) is 31.7 Å². The SMILES string of the molecule is O=C(NCCCC1CCCC1)c1cccc(NC(=O)C2CCCO2)c1. The molecule has 5 heteroatoms. The van der Waals surface area contributed by atoms with Crippen LogP contribution in [0, 0.1) is 5.92 Å². The van der Waals surface area contributed by atoms with Crippen LogP contribution in [0.1, 0.15) is 61.7 Å². The Kier molecular flexibility index (Phi) is 6.45. The van der Waals surface area contributed by atoms with E-state index in [0.717, 1.165) is 25.2 Å². The van der Waals surface area contributed by atoms with Crippen molar-refractivity contribution >= 4 is 17.5 Å². The molecule has 2 amide bonds. The maximum Gasteiger partial charge on any atom is 0.253 e. The highest BCUT2D eigenvalue weighted by Gasteiger charge is 2.23. The van der Waals surface area contributed by atoms with Gasteiger partial charge in [-0.25, -0.2) is 0 Å². The largest absolute Gasteiger partial charge is 0.368 e. The number of ether oxygens (including phenoxy) is 1. The van der Waals surface area contributed by atoms with Crippen molar-refractivity contribution in [2.75, 3.05) is 18.5 Å². The zero-order valence-electron chi connectivity index (χ0n) is 14.8. The molecule has 1 atom stereocenters. The van der Waals surface area contributed by atoms with E-state index >= 15 is 0 Å². The first-order valence-corrected chi connectivity index (χ1v) is 9.53. The minimum atomic E-state index is -0.368. The van der Waals surface area contributed by atoms with Gasteiger partial charge in [-0.2, -0.15) is 0 Å². The summed E-state index contributed by atoms with van der Waals surface area (Å²) in [4.78, 5) is 24.4. The van der Waals surface area contributed by atoms with Gasteiger partial charge in [0.15, 0.2) is 0 Å². The summed E-state index contributed by atoms with van der Waals surface area (Å²) in [5.41, 5.74) is 1.21. The number of hydrogen-bond donors (Lipinski definition) is 2. The van der Waals surface area contributed by atoms with Gasteiger partial charge >= 0.3 is 0 Å². The lowest BCUT2D eigenvalue weighted by atomic mass is 10.0. The van der Waals surface area contributed by atoms with Gasteiger partial charge in [-0.05, 0) is 49.8 Å². The van der Waals surface area contributed by atoms with Gasteiger partial charge in [0.05, 0.1) is 0 Å². The number of amides is 2. The van der Waals surface area contributed by atoms with E-state index in [-0.39, 0.29) is 17.9 Å². The summed E-state index contributed by atoms with van der Waals surface area (Å²) in [6, 6.07) is 7.08. The van der Waals surface area contributed by atoms with Crippen LogP contribution in [0.3, 0.4) is 0 Å². The first-order valence-electron chi connectivity index (χ1n) is 9.53. The average Bonchev–Trinajstić information content (AvgIpc) is 3.32. The molecule has 0 radical (unpaired) electrons. The zero-order chi connectivity index (χ0) is 17.5. The Bertz CT molecular complexity index is 590. The Morgan fingerprint density at radius 1 is 1.12 bits per heavy atom. The molecule has 3 rings (SSSR count). The molecule has 1 unspecified atom stereocenters. The molecule has 2 aliphatic rings. The Morgan fingerprint density at radius 3 is 2.72 bits per heavy atom. The van der Waals surface area contributed by atoms with E-state index in [1.54, 1.807) is 24.3 Å². The number of anilines is 1. The van der Waals surface area contributed by atoms with Crippen LogP contribution >= 0.6 is 0 Å². The highest BCUT2D eigenvalue weighted by Crippen LogP contribution is 2.28. The molecule has 25 heavy (non-hydrogen) atoms. The monoisotopic (exact) mass is 344 g/mol. The second kappa shape index (κ2) is 8.99. The van der Waals surface area contributed by atoms with Crippen LogP contribution in [0.5, 0.6) is 0 Å². The molecule has 0 bridgehead atoms. The number of carbonyl (C=O) groups excluding carboxylic acids is 2. The Hall–Kier alpha value is -1.88. The maximum absolute atomic E-state index is 12.3. The quantitative estimate of drug-likeness (QED) is 0.744. The van der Waals surface area contributed by atoms with Gasteiger partial charge in [0.2, 0.25) is 0 Å². The molecular weight excluding hydrogens is 316 g/mol. The summed E-state index contributed by atoms with van der Waals surface area (Å²) in [5.74, 6) is 0.638. The van der Waals surface area contributed by atoms with Crippen LogP contribution < -0.4 is 10.6 Å². The Morgan fingerprint density at radius 2 is 1.96 bits per heavy atom. The number of carbonyl (C=O) groups is 2.